The minimum atomic E-state index is -3.85. The Balaban J connectivity index is 2.26. The molecular formula is C17H20BrClN2O4S. The molecule has 0 radical (unpaired) electrons. The third-order valence-corrected chi connectivity index (χ3v) is 5.60. The molecule has 6 nitrogen and oxygen atoms in total. The monoisotopic (exact) mass is 462 g/mol. The Hall–Kier alpha value is -1.48. The number of anilines is 1. The van der Waals surface area contributed by atoms with Gasteiger partial charge in [0.2, 0.25) is 0 Å². The summed E-state index contributed by atoms with van der Waals surface area (Å²) in [5.74, 6) is 0.659. The number of halogens is 2. The minimum Gasteiger partial charge on any atom is -0.495 e. The topological polar surface area (TPSA) is 67.9 Å². The molecule has 142 valence electrons. The van der Waals surface area contributed by atoms with Crippen LogP contribution in [-0.2, 0) is 10.0 Å². The second-order valence-corrected chi connectivity index (χ2v) is 8.67. The standard InChI is InChI=1S/C17H20BrClN2O4S/c1-21(2)8-9-25-16-11-13(5-6-14(16)19)20-26(22,23)17-10-12(18)4-7-15(17)24-3/h4-7,10-11,20H,8-9H2,1-3H3. The van der Waals surface area contributed by atoms with Crippen LogP contribution < -0.4 is 14.2 Å². The van der Waals surface area contributed by atoms with Crippen molar-refractivity contribution in [3.8, 4) is 11.5 Å². The van der Waals surface area contributed by atoms with E-state index in [0.717, 1.165) is 0 Å². The molecule has 2 rings (SSSR count). The molecule has 0 fully saturated rings. The number of sulfonamides is 1. The van der Waals surface area contributed by atoms with Crippen molar-refractivity contribution in [1.82, 2.24) is 4.90 Å². The number of rotatable bonds is 8. The van der Waals surface area contributed by atoms with E-state index in [2.05, 4.69) is 20.7 Å². The van der Waals surface area contributed by atoms with E-state index in [1.165, 1.54) is 13.2 Å². The van der Waals surface area contributed by atoms with Gasteiger partial charge < -0.3 is 14.4 Å². The first-order valence-electron chi connectivity index (χ1n) is 7.66. The van der Waals surface area contributed by atoms with Crippen LogP contribution in [0.25, 0.3) is 0 Å². The molecule has 0 aliphatic carbocycles. The fourth-order valence-corrected chi connectivity index (χ4v) is 4.02. The van der Waals surface area contributed by atoms with Crippen LogP contribution in [0.4, 0.5) is 5.69 Å². The van der Waals surface area contributed by atoms with Gasteiger partial charge >= 0.3 is 0 Å². The molecule has 0 aliphatic heterocycles. The Kier molecular flexibility index (Phi) is 7.16. The number of nitrogens with one attached hydrogen (secondary N) is 1. The lowest BCUT2D eigenvalue weighted by Gasteiger charge is -2.15. The average Bonchev–Trinajstić information content (AvgIpc) is 2.57. The number of benzene rings is 2. The molecule has 0 saturated heterocycles. The quantitative estimate of drug-likeness (QED) is 0.644. The average molecular weight is 464 g/mol. The SMILES string of the molecule is COc1ccc(Br)cc1S(=O)(=O)Nc1ccc(Cl)c(OCCN(C)C)c1. The number of likely N-dealkylation sites (N-methyl/N-ethyl adjacent to an activating group) is 1. The Morgan fingerprint density at radius 2 is 1.88 bits per heavy atom. The molecule has 2 aromatic carbocycles. The molecule has 0 spiro atoms. The molecular weight excluding hydrogens is 444 g/mol. The van der Waals surface area contributed by atoms with Gasteiger partial charge in [-0.3, -0.25) is 4.72 Å². The third kappa shape index (κ3) is 5.51. The van der Waals surface area contributed by atoms with Gasteiger partial charge in [0.15, 0.2) is 0 Å². The fraction of sp³-hybridized carbons (Fsp3) is 0.294. The van der Waals surface area contributed by atoms with Crippen molar-refractivity contribution < 1.29 is 17.9 Å². The number of hydrogen-bond acceptors (Lipinski definition) is 5. The second-order valence-electron chi connectivity index (χ2n) is 5.70. The number of ether oxygens (including phenoxy) is 2. The smallest absolute Gasteiger partial charge is 0.265 e. The normalized spacial score (nSPS) is 11.5. The van der Waals surface area contributed by atoms with Gasteiger partial charge in [0, 0.05) is 17.1 Å². The molecule has 0 atom stereocenters. The zero-order valence-electron chi connectivity index (χ0n) is 14.6. The van der Waals surface area contributed by atoms with Crippen molar-refractivity contribution in [2.45, 2.75) is 4.90 Å². The molecule has 0 aromatic heterocycles. The van der Waals surface area contributed by atoms with Crippen LogP contribution in [0.15, 0.2) is 45.8 Å². The summed E-state index contributed by atoms with van der Waals surface area (Å²) < 4.78 is 39.4. The third-order valence-electron chi connectivity index (χ3n) is 3.39. The van der Waals surface area contributed by atoms with Crippen molar-refractivity contribution in [2.24, 2.45) is 0 Å². The lowest BCUT2D eigenvalue weighted by atomic mass is 10.3. The van der Waals surface area contributed by atoms with Crippen molar-refractivity contribution in [2.75, 3.05) is 39.1 Å². The second kappa shape index (κ2) is 8.94. The maximum Gasteiger partial charge on any atom is 0.265 e. The van der Waals surface area contributed by atoms with Crippen LogP contribution in [0, 0.1) is 0 Å². The highest BCUT2D eigenvalue weighted by Gasteiger charge is 2.20. The highest BCUT2D eigenvalue weighted by Crippen LogP contribution is 2.32. The summed E-state index contributed by atoms with van der Waals surface area (Å²) in [5, 5.41) is 0.409. The molecule has 0 aliphatic rings. The van der Waals surface area contributed by atoms with E-state index >= 15 is 0 Å². The maximum absolute atomic E-state index is 12.7. The zero-order chi connectivity index (χ0) is 19.3. The van der Waals surface area contributed by atoms with Crippen LogP contribution in [0.2, 0.25) is 5.02 Å². The lowest BCUT2D eigenvalue weighted by molar-refractivity contribution is 0.261. The van der Waals surface area contributed by atoms with Gasteiger partial charge in [0.25, 0.3) is 10.0 Å². The predicted molar refractivity (Wildman–Crippen MR) is 107 cm³/mol. The van der Waals surface area contributed by atoms with E-state index in [-0.39, 0.29) is 10.6 Å². The molecule has 26 heavy (non-hydrogen) atoms. The van der Waals surface area contributed by atoms with E-state index in [0.29, 0.717) is 34.1 Å². The van der Waals surface area contributed by atoms with Crippen LogP contribution in [-0.4, -0.2) is 47.7 Å². The Labute approximate surface area is 167 Å². The summed E-state index contributed by atoms with van der Waals surface area (Å²) in [4.78, 5) is 2.00. The van der Waals surface area contributed by atoms with Crippen molar-refractivity contribution in [1.29, 1.82) is 0 Å². The van der Waals surface area contributed by atoms with Gasteiger partial charge in [-0.15, -0.1) is 0 Å². The first-order valence-corrected chi connectivity index (χ1v) is 10.3. The molecule has 0 heterocycles. The summed E-state index contributed by atoms with van der Waals surface area (Å²) in [6.07, 6.45) is 0. The summed E-state index contributed by atoms with van der Waals surface area (Å²) in [7, 11) is 1.43. The Bertz CT molecular complexity index is 875. The van der Waals surface area contributed by atoms with E-state index in [1.54, 1.807) is 30.3 Å². The first kappa shape index (κ1) is 20.8. The van der Waals surface area contributed by atoms with Crippen LogP contribution in [0.3, 0.4) is 0 Å². The maximum atomic E-state index is 12.7. The molecule has 2 aromatic rings. The summed E-state index contributed by atoms with van der Waals surface area (Å²) in [6, 6.07) is 9.48. The Morgan fingerprint density at radius 1 is 1.15 bits per heavy atom. The van der Waals surface area contributed by atoms with E-state index in [1.807, 2.05) is 19.0 Å². The largest absolute Gasteiger partial charge is 0.495 e. The van der Waals surface area contributed by atoms with Crippen molar-refractivity contribution in [3.63, 3.8) is 0 Å². The van der Waals surface area contributed by atoms with Gasteiger partial charge in [-0.1, -0.05) is 27.5 Å². The molecule has 9 heteroatoms. The summed E-state index contributed by atoms with van der Waals surface area (Å²) >= 11 is 9.40. The van der Waals surface area contributed by atoms with E-state index < -0.39 is 10.0 Å². The molecule has 0 saturated carbocycles. The van der Waals surface area contributed by atoms with Gasteiger partial charge in [-0.2, -0.15) is 0 Å². The fourth-order valence-electron chi connectivity index (χ4n) is 2.09. The summed E-state index contributed by atoms with van der Waals surface area (Å²) in [5.41, 5.74) is 0.344. The number of nitrogens with zero attached hydrogens (tertiary/aromatic N) is 1. The number of hydrogen-bond donors (Lipinski definition) is 1. The molecule has 0 amide bonds. The number of methoxy groups -OCH3 is 1. The minimum absolute atomic E-state index is 0.0272. The van der Waals surface area contributed by atoms with E-state index in [9.17, 15) is 8.42 Å². The van der Waals surface area contributed by atoms with Crippen molar-refractivity contribution in [3.05, 3.63) is 45.9 Å². The highest BCUT2D eigenvalue weighted by atomic mass is 79.9. The summed E-state index contributed by atoms with van der Waals surface area (Å²) in [6.45, 7) is 1.14. The van der Waals surface area contributed by atoms with Gasteiger partial charge in [-0.05, 0) is 44.4 Å². The molecule has 1 N–H and O–H groups in total. The van der Waals surface area contributed by atoms with Crippen LogP contribution in [0.5, 0.6) is 11.5 Å². The molecule has 0 unspecified atom stereocenters. The van der Waals surface area contributed by atoms with Crippen LogP contribution in [0.1, 0.15) is 0 Å². The highest BCUT2D eigenvalue weighted by molar-refractivity contribution is 9.10. The van der Waals surface area contributed by atoms with E-state index in [4.69, 9.17) is 21.1 Å². The Morgan fingerprint density at radius 3 is 2.54 bits per heavy atom. The zero-order valence-corrected chi connectivity index (χ0v) is 17.8. The predicted octanol–water partition coefficient (Wildman–Crippen LogP) is 3.85. The van der Waals surface area contributed by atoms with Gasteiger partial charge in [0.05, 0.1) is 17.8 Å². The van der Waals surface area contributed by atoms with Gasteiger partial charge in [0.1, 0.15) is 23.0 Å². The van der Waals surface area contributed by atoms with Crippen molar-refractivity contribution >= 4 is 43.2 Å². The van der Waals surface area contributed by atoms with Crippen LogP contribution >= 0.6 is 27.5 Å². The molecule has 0 bridgehead atoms. The first-order chi connectivity index (χ1) is 12.2. The lowest BCUT2D eigenvalue weighted by Crippen LogP contribution is -2.19. The van der Waals surface area contributed by atoms with Gasteiger partial charge in [-0.25, -0.2) is 8.42 Å².